The molecule has 0 radical (unpaired) electrons. The summed E-state index contributed by atoms with van der Waals surface area (Å²) in [4.78, 5) is 23.2. The van der Waals surface area contributed by atoms with Gasteiger partial charge in [0, 0.05) is 12.7 Å². The van der Waals surface area contributed by atoms with E-state index in [0.29, 0.717) is 16.5 Å². The SMILES string of the molecule is COc1ccc(NC(=O)c2c(C(=O)O)cnn2C)cc1Cl. The molecule has 0 aliphatic carbocycles. The van der Waals surface area contributed by atoms with Gasteiger partial charge in [-0.2, -0.15) is 5.10 Å². The van der Waals surface area contributed by atoms with Crippen LogP contribution in [0.5, 0.6) is 5.75 Å². The molecule has 0 aliphatic heterocycles. The number of nitrogens with zero attached hydrogens (tertiary/aromatic N) is 2. The Morgan fingerprint density at radius 2 is 2.14 bits per heavy atom. The average Bonchev–Trinajstić information content (AvgIpc) is 2.81. The van der Waals surface area contributed by atoms with E-state index in [1.54, 1.807) is 12.1 Å². The Morgan fingerprint density at radius 1 is 1.43 bits per heavy atom. The van der Waals surface area contributed by atoms with Gasteiger partial charge in [-0.25, -0.2) is 4.79 Å². The molecule has 2 aromatic rings. The molecule has 1 amide bonds. The number of benzene rings is 1. The lowest BCUT2D eigenvalue weighted by atomic mass is 10.2. The number of methoxy groups -OCH3 is 1. The first kappa shape index (κ1) is 14.9. The Hall–Kier alpha value is -2.54. The summed E-state index contributed by atoms with van der Waals surface area (Å²) in [6.07, 6.45) is 1.12. The molecule has 1 aromatic carbocycles. The van der Waals surface area contributed by atoms with Crippen molar-refractivity contribution in [1.29, 1.82) is 0 Å². The van der Waals surface area contributed by atoms with E-state index >= 15 is 0 Å². The number of carbonyl (C=O) groups excluding carboxylic acids is 1. The molecule has 0 bridgehead atoms. The fourth-order valence-corrected chi connectivity index (χ4v) is 2.06. The highest BCUT2D eigenvalue weighted by Crippen LogP contribution is 2.27. The molecule has 1 aromatic heterocycles. The predicted molar refractivity (Wildman–Crippen MR) is 76.1 cm³/mol. The molecular weight excluding hydrogens is 298 g/mol. The number of halogens is 1. The zero-order valence-electron chi connectivity index (χ0n) is 11.3. The van der Waals surface area contributed by atoms with Gasteiger partial charge in [0.25, 0.3) is 5.91 Å². The standard InChI is InChI=1S/C13H12ClN3O4/c1-17-11(8(6-15-17)13(19)20)12(18)16-7-3-4-10(21-2)9(14)5-7/h3-6H,1-2H3,(H,16,18)(H,19,20). The van der Waals surface area contributed by atoms with E-state index in [1.165, 1.54) is 24.9 Å². The lowest BCUT2D eigenvalue weighted by Gasteiger charge is -2.08. The first-order valence-corrected chi connectivity index (χ1v) is 6.22. The van der Waals surface area contributed by atoms with E-state index < -0.39 is 11.9 Å². The minimum Gasteiger partial charge on any atom is -0.495 e. The maximum atomic E-state index is 12.2. The molecule has 0 atom stereocenters. The van der Waals surface area contributed by atoms with Crippen LogP contribution in [-0.4, -0.2) is 33.9 Å². The smallest absolute Gasteiger partial charge is 0.339 e. The molecule has 8 heteroatoms. The minimum atomic E-state index is -1.22. The van der Waals surface area contributed by atoms with Gasteiger partial charge in [0.15, 0.2) is 0 Å². The zero-order valence-corrected chi connectivity index (χ0v) is 12.0. The van der Waals surface area contributed by atoms with Crippen LogP contribution in [0.2, 0.25) is 5.02 Å². The van der Waals surface area contributed by atoms with E-state index in [-0.39, 0.29) is 11.3 Å². The summed E-state index contributed by atoms with van der Waals surface area (Å²) >= 11 is 5.96. The molecular formula is C13H12ClN3O4. The molecule has 21 heavy (non-hydrogen) atoms. The summed E-state index contributed by atoms with van der Waals surface area (Å²) in [5.74, 6) is -1.34. The number of nitrogens with one attached hydrogen (secondary N) is 1. The van der Waals surface area contributed by atoms with Gasteiger partial charge in [0.1, 0.15) is 17.0 Å². The van der Waals surface area contributed by atoms with E-state index in [1.807, 2.05) is 0 Å². The summed E-state index contributed by atoms with van der Waals surface area (Å²) in [5.41, 5.74) is 0.201. The lowest BCUT2D eigenvalue weighted by Crippen LogP contribution is -2.19. The Labute approximate surface area is 125 Å². The van der Waals surface area contributed by atoms with E-state index in [4.69, 9.17) is 21.4 Å². The second kappa shape index (κ2) is 5.84. The average molecular weight is 310 g/mol. The summed E-state index contributed by atoms with van der Waals surface area (Å²) in [5, 5.41) is 15.7. The number of rotatable bonds is 4. The number of hydrogen-bond acceptors (Lipinski definition) is 4. The number of amides is 1. The molecule has 7 nitrogen and oxygen atoms in total. The van der Waals surface area contributed by atoms with Crippen LogP contribution in [0, 0.1) is 0 Å². The first-order valence-electron chi connectivity index (χ1n) is 5.84. The molecule has 0 saturated carbocycles. The Kier molecular flexibility index (Phi) is 4.13. The van der Waals surface area contributed by atoms with Crippen molar-refractivity contribution < 1.29 is 19.4 Å². The largest absolute Gasteiger partial charge is 0.495 e. The van der Waals surface area contributed by atoms with Crippen LogP contribution in [0.15, 0.2) is 24.4 Å². The summed E-state index contributed by atoms with van der Waals surface area (Å²) in [6, 6.07) is 4.70. The molecule has 0 fully saturated rings. The number of carboxylic acids is 1. The van der Waals surface area contributed by atoms with Crippen LogP contribution in [0.3, 0.4) is 0 Å². The van der Waals surface area contributed by atoms with E-state index in [2.05, 4.69) is 10.4 Å². The van der Waals surface area contributed by atoms with Crippen LogP contribution in [0.4, 0.5) is 5.69 Å². The van der Waals surface area contributed by atoms with Gasteiger partial charge in [-0.1, -0.05) is 11.6 Å². The van der Waals surface area contributed by atoms with Gasteiger partial charge >= 0.3 is 5.97 Å². The van der Waals surface area contributed by atoms with Gasteiger partial charge in [0.2, 0.25) is 0 Å². The minimum absolute atomic E-state index is 0.0468. The van der Waals surface area contributed by atoms with Crippen LogP contribution >= 0.6 is 11.6 Å². The summed E-state index contributed by atoms with van der Waals surface area (Å²) in [7, 11) is 2.97. The van der Waals surface area contributed by atoms with Crippen molar-refractivity contribution >= 4 is 29.2 Å². The highest BCUT2D eigenvalue weighted by atomic mass is 35.5. The molecule has 2 N–H and O–H groups in total. The normalized spacial score (nSPS) is 10.2. The molecule has 110 valence electrons. The van der Waals surface area contributed by atoms with Gasteiger partial charge < -0.3 is 15.2 Å². The van der Waals surface area contributed by atoms with Crippen molar-refractivity contribution in [1.82, 2.24) is 9.78 Å². The van der Waals surface area contributed by atoms with Crippen molar-refractivity contribution in [3.8, 4) is 5.75 Å². The van der Waals surface area contributed by atoms with Crippen molar-refractivity contribution in [2.45, 2.75) is 0 Å². The van der Waals surface area contributed by atoms with Gasteiger partial charge in [-0.15, -0.1) is 0 Å². The number of aromatic carboxylic acids is 1. The topological polar surface area (TPSA) is 93.4 Å². The number of aromatic nitrogens is 2. The highest BCUT2D eigenvalue weighted by molar-refractivity contribution is 6.32. The molecule has 1 heterocycles. The Balaban J connectivity index is 2.28. The molecule has 0 unspecified atom stereocenters. The first-order chi connectivity index (χ1) is 9.93. The molecule has 2 rings (SSSR count). The van der Waals surface area contributed by atoms with Crippen LogP contribution in [-0.2, 0) is 7.05 Å². The third-order valence-corrected chi connectivity index (χ3v) is 3.09. The number of carboxylic acid groups (broad SMARTS) is 1. The van der Waals surface area contributed by atoms with Crippen molar-refractivity contribution in [3.63, 3.8) is 0 Å². The molecule has 0 aliphatic rings. The molecule has 0 saturated heterocycles. The van der Waals surface area contributed by atoms with Crippen molar-refractivity contribution in [2.24, 2.45) is 7.05 Å². The second-order valence-electron chi connectivity index (χ2n) is 4.14. The third kappa shape index (κ3) is 2.97. The van der Waals surface area contributed by atoms with E-state index in [0.717, 1.165) is 6.20 Å². The second-order valence-corrected chi connectivity index (χ2v) is 4.55. The predicted octanol–water partition coefficient (Wildman–Crippen LogP) is 2.03. The Morgan fingerprint density at radius 3 is 2.71 bits per heavy atom. The third-order valence-electron chi connectivity index (χ3n) is 2.79. The fraction of sp³-hybridized carbons (Fsp3) is 0.154. The fourth-order valence-electron chi connectivity index (χ4n) is 1.80. The highest BCUT2D eigenvalue weighted by Gasteiger charge is 2.21. The van der Waals surface area contributed by atoms with Crippen LogP contribution in [0.1, 0.15) is 20.8 Å². The van der Waals surface area contributed by atoms with Gasteiger partial charge in [-0.3, -0.25) is 9.48 Å². The van der Waals surface area contributed by atoms with Crippen LogP contribution < -0.4 is 10.1 Å². The quantitative estimate of drug-likeness (QED) is 0.901. The number of carbonyl (C=O) groups is 2. The maximum Gasteiger partial charge on any atom is 0.339 e. The molecule has 0 spiro atoms. The van der Waals surface area contributed by atoms with Gasteiger partial charge in [0.05, 0.1) is 18.3 Å². The lowest BCUT2D eigenvalue weighted by molar-refractivity contribution is 0.0692. The van der Waals surface area contributed by atoms with Crippen molar-refractivity contribution in [3.05, 3.63) is 40.7 Å². The van der Waals surface area contributed by atoms with Gasteiger partial charge in [-0.05, 0) is 18.2 Å². The number of anilines is 1. The Bertz CT molecular complexity index is 711. The number of aryl methyl sites for hydroxylation is 1. The summed E-state index contributed by atoms with van der Waals surface area (Å²) < 4.78 is 6.21. The summed E-state index contributed by atoms with van der Waals surface area (Å²) in [6.45, 7) is 0. The zero-order chi connectivity index (χ0) is 15.6. The maximum absolute atomic E-state index is 12.2. The van der Waals surface area contributed by atoms with Crippen molar-refractivity contribution in [2.75, 3.05) is 12.4 Å². The van der Waals surface area contributed by atoms with E-state index in [9.17, 15) is 9.59 Å². The monoisotopic (exact) mass is 309 g/mol. The number of ether oxygens (including phenoxy) is 1. The van der Waals surface area contributed by atoms with Crippen LogP contribution in [0.25, 0.3) is 0 Å². The number of hydrogen-bond donors (Lipinski definition) is 2.